The van der Waals surface area contributed by atoms with E-state index in [1.165, 1.54) is 11.1 Å². The van der Waals surface area contributed by atoms with Gasteiger partial charge in [0.05, 0.1) is 18.2 Å². The molecule has 40 heavy (non-hydrogen) atoms. The van der Waals surface area contributed by atoms with E-state index in [0.717, 1.165) is 12.8 Å². The highest BCUT2D eigenvalue weighted by Gasteiger charge is 2.34. The molecule has 0 bridgehead atoms. The fourth-order valence-electron chi connectivity index (χ4n) is 5.32. The lowest BCUT2D eigenvalue weighted by molar-refractivity contribution is -0.132. The molecule has 2 aromatic heterocycles. The molecule has 1 saturated heterocycles. The number of amides is 3. The van der Waals surface area contributed by atoms with Gasteiger partial charge in [0.1, 0.15) is 23.3 Å². The number of nitrogens with zero attached hydrogens (tertiary/aromatic N) is 3. The number of aliphatic hydroxyl groups is 1. The number of morpholine rings is 1. The predicted octanol–water partition coefficient (Wildman–Crippen LogP) is 3.58. The molecule has 5 rings (SSSR count). The quantitative estimate of drug-likeness (QED) is 0.410. The molecule has 3 aromatic rings. The first kappa shape index (κ1) is 28.0. The zero-order valence-electron chi connectivity index (χ0n) is 22.4. The van der Waals surface area contributed by atoms with Crippen LogP contribution >= 0.6 is 11.6 Å². The molecule has 1 aliphatic carbocycles. The fourth-order valence-corrected chi connectivity index (χ4v) is 5.43. The molecule has 1 atom stereocenters. The summed E-state index contributed by atoms with van der Waals surface area (Å²) in [5.41, 5.74) is 0.945. The van der Waals surface area contributed by atoms with E-state index < -0.39 is 12.1 Å². The number of anilines is 2. The van der Waals surface area contributed by atoms with Gasteiger partial charge in [0.15, 0.2) is 0 Å². The second-order valence-electron chi connectivity index (χ2n) is 10.3. The molecule has 0 radical (unpaired) electrons. The van der Waals surface area contributed by atoms with E-state index in [0.29, 0.717) is 54.2 Å². The van der Waals surface area contributed by atoms with Gasteiger partial charge in [-0.3, -0.25) is 19.3 Å². The van der Waals surface area contributed by atoms with Crippen LogP contribution in [0.4, 0.5) is 11.5 Å². The Balaban J connectivity index is 1.39. The molecule has 1 aliphatic heterocycles. The summed E-state index contributed by atoms with van der Waals surface area (Å²) in [4.78, 5) is 47.0. The number of pyridine rings is 1. The first-order chi connectivity index (χ1) is 19.2. The van der Waals surface area contributed by atoms with Crippen molar-refractivity contribution < 1.29 is 28.6 Å². The second-order valence-corrected chi connectivity index (χ2v) is 10.8. The molecule has 3 N–H and O–H groups in total. The van der Waals surface area contributed by atoms with Crippen molar-refractivity contribution in [1.29, 1.82) is 0 Å². The number of carbonyl (C=O) groups excluding carboxylic acids is 3. The molecule has 3 heterocycles. The molecule has 2 aliphatic rings. The molecule has 1 aromatic carbocycles. The molecular weight excluding hydrogens is 538 g/mol. The number of furan rings is 1. The normalized spacial score (nSPS) is 21.6. The van der Waals surface area contributed by atoms with Gasteiger partial charge in [-0.15, -0.1) is 0 Å². The van der Waals surface area contributed by atoms with Crippen molar-refractivity contribution in [3.63, 3.8) is 0 Å². The Bertz CT molecular complexity index is 1400. The van der Waals surface area contributed by atoms with Gasteiger partial charge in [0, 0.05) is 49.7 Å². The largest absolute Gasteiger partial charge is 0.449 e. The second kappa shape index (κ2) is 11.9. The number of halogens is 1. The molecule has 1 unspecified atom stereocenters. The summed E-state index contributed by atoms with van der Waals surface area (Å²) in [6, 6.07) is 8.17. The fraction of sp³-hybridized carbons (Fsp3) is 0.429. The summed E-state index contributed by atoms with van der Waals surface area (Å²) in [7, 11) is 3.30. The number of nitrogens with one attached hydrogen (secondary N) is 2. The number of ether oxygens (including phenoxy) is 1. The molecule has 1 saturated carbocycles. The summed E-state index contributed by atoms with van der Waals surface area (Å²) in [6.07, 6.45) is 3.57. The molecule has 3 amide bonds. The average Bonchev–Trinajstić information content (AvgIpc) is 3.31. The van der Waals surface area contributed by atoms with Crippen molar-refractivity contribution >= 4 is 51.8 Å². The summed E-state index contributed by atoms with van der Waals surface area (Å²) in [5.74, 6) is -1.17. The van der Waals surface area contributed by atoms with Gasteiger partial charge in [-0.1, -0.05) is 11.6 Å². The van der Waals surface area contributed by atoms with E-state index in [2.05, 4.69) is 20.5 Å². The Labute approximate surface area is 236 Å². The van der Waals surface area contributed by atoms with Crippen LogP contribution in [0, 0.1) is 5.92 Å². The van der Waals surface area contributed by atoms with Gasteiger partial charge in [-0.25, -0.2) is 4.98 Å². The van der Waals surface area contributed by atoms with Crippen LogP contribution in [0.25, 0.3) is 11.0 Å². The average molecular weight is 570 g/mol. The third-order valence-corrected chi connectivity index (χ3v) is 7.67. The Kier molecular flexibility index (Phi) is 8.36. The maximum Gasteiger partial charge on any atom is 0.294 e. The number of aromatic nitrogens is 1. The van der Waals surface area contributed by atoms with Crippen LogP contribution in [0.2, 0.25) is 5.02 Å². The molecule has 11 nitrogen and oxygen atoms in total. The maximum atomic E-state index is 13.5. The monoisotopic (exact) mass is 569 g/mol. The summed E-state index contributed by atoms with van der Waals surface area (Å²) in [6.45, 7) is 1.54. The number of benzene rings is 1. The number of rotatable bonds is 6. The van der Waals surface area contributed by atoms with Gasteiger partial charge in [0.2, 0.25) is 11.7 Å². The van der Waals surface area contributed by atoms with E-state index in [4.69, 9.17) is 20.8 Å². The predicted molar refractivity (Wildman–Crippen MR) is 149 cm³/mol. The molecule has 2 fully saturated rings. The van der Waals surface area contributed by atoms with Crippen molar-refractivity contribution in [3.05, 3.63) is 52.9 Å². The van der Waals surface area contributed by atoms with Crippen molar-refractivity contribution in [2.24, 2.45) is 5.92 Å². The van der Waals surface area contributed by atoms with Crippen LogP contribution in [-0.2, 0) is 9.53 Å². The lowest BCUT2D eigenvalue weighted by Gasteiger charge is -2.41. The van der Waals surface area contributed by atoms with Crippen molar-refractivity contribution in [3.8, 4) is 0 Å². The topological polar surface area (TPSA) is 137 Å². The van der Waals surface area contributed by atoms with Crippen LogP contribution in [-0.4, -0.2) is 83.7 Å². The number of aliphatic hydroxyl groups excluding tert-OH is 1. The van der Waals surface area contributed by atoms with Gasteiger partial charge < -0.3 is 29.8 Å². The van der Waals surface area contributed by atoms with E-state index in [1.54, 1.807) is 44.4 Å². The van der Waals surface area contributed by atoms with E-state index in [9.17, 15) is 19.5 Å². The van der Waals surface area contributed by atoms with Gasteiger partial charge >= 0.3 is 0 Å². The van der Waals surface area contributed by atoms with E-state index in [-0.39, 0.29) is 41.0 Å². The van der Waals surface area contributed by atoms with Gasteiger partial charge in [-0.2, -0.15) is 0 Å². The Morgan fingerprint density at radius 2 is 1.88 bits per heavy atom. The van der Waals surface area contributed by atoms with E-state index >= 15 is 0 Å². The summed E-state index contributed by atoms with van der Waals surface area (Å²) in [5, 5.41) is 16.8. The molecule has 12 heteroatoms. The SMILES string of the molecule is CN(C)C(=O)c1ccc2oc(C(=O)Nc3ccc(Cl)cn3)c(NC(=O)C3CCC(N4CCOCC4O)CC3)c2c1. The maximum absolute atomic E-state index is 13.5. The molecule has 212 valence electrons. The van der Waals surface area contributed by atoms with Crippen LogP contribution in [0.3, 0.4) is 0 Å². The molecular formula is C28H32ClN5O6. The highest BCUT2D eigenvalue weighted by atomic mass is 35.5. The first-order valence-electron chi connectivity index (χ1n) is 13.2. The zero-order valence-corrected chi connectivity index (χ0v) is 23.1. The summed E-state index contributed by atoms with van der Waals surface area (Å²) < 4.78 is 11.2. The Morgan fingerprint density at radius 1 is 1.10 bits per heavy atom. The van der Waals surface area contributed by atoms with Crippen molar-refractivity contribution in [1.82, 2.24) is 14.8 Å². The first-order valence-corrected chi connectivity index (χ1v) is 13.6. The summed E-state index contributed by atoms with van der Waals surface area (Å²) >= 11 is 5.90. The molecule has 0 spiro atoms. The number of carbonyl (C=O) groups is 3. The Morgan fingerprint density at radius 3 is 2.55 bits per heavy atom. The van der Waals surface area contributed by atoms with Crippen LogP contribution in [0.1, 0.15) is 46.6 Å². The Hall–Kier alpha value is -3.51. The third kappa shape index (κ3) is 5.97. The minimum atomic E-state index is -0.628. The van der Waals surface area contributed by atoms with Crippen LogP contribution in [0.15, 0.2) is 40.9 Å². The number of hydrogen-bond acceptors (Lipinski definition) is 8. The smallest absolute Gasteiger partial charge is 0.294 e. The van der Waals surface area contributed by atoms with Crippen LogP contribution < -0.4 is 10.6 Å². The minimum absolute atomic E-state index is 0.0975. The van der Waals surface area contributed by atoms with Gasteiger partial charge in [0.25, 0.3) is 11.8 Å². The van der Waals surface area contributed by atoms with Crippen molar-refractivity contribution in [2.45, 2.75) is 38.0 Å². The van der Waals surface area contributed by atoms with Gasteiger partial charge in [-0.05, 0) is 56.0 Å². The lowest BCUT2D eigenvalue weighted by Crippen LogP contribution is -2.52. The third-order valence-electron chi connectivity index (χ3n) is 7.44. The van der Waals surface area contributed by atoms with E-state index in [1.807, 2.05) is 0 Å². The minimum Gasteiger partial charge on any atom is -0.449 e. The standard InChI is InChI=1S/C28H32ClN5O6/c1-33(2)28(38)17-5-9-21-20(13-17)24(25(40-21)27(37)31-22-10-6-18(29)14-30-22)32-26(36)16-3-7-19(8-4-16)34-11-12-39-15-23(34)35/h5-6,9-10,13-14,16,19,23,35H,3-4,7-8,11-12,15H2,1-2H3,(H,32,36)(H,30,31,37). The van der Waals surface area contributed by atoms with Crippen molar-refractivity contribution in [2.75, 3.05) is 44.5 Å². The van der Waals surface area contributed by atoms with Crippen LogP contribution in [0.5, 0.6) is 0 Å². The number of hydrogen-bond donors (Lipinski definition) is 3. The highest BCUT2D eigenvalue weighted by molar-refractivity contribution is 6.30. The number of fused-ring (bicyclic) bond motifs is 1. The zero-order chi connectivity index (χ0) is 28.4. The lowest BCUT2D eigenvalue weighted by atomic mass is 9.84. The highest BCUT2D eigenvalue weighted by Crippen LogP contribution is 2.35.